The zero-order chi connectivity index (χ0) is 21.4. The Hall–Kier alpha value is -2.22. The van der Waals surface area contributed by atoms with Gasteiger partial charge in [-0.25, -0.2) is 0 Å². The lowest BCUT2D eigenvalue weighted by Crippen LogP contribution is -2.43. The molecule has 1 fully saturated rings. The van der Waals surface area contributed by atoms with E-state index in [4.69, 9.17) is 23.8 Å². The van der Waals surface area contributed by atoms with E-state index in [9.17, 15) is 9.59 Å². The van der Waals surface area contributed by atoms with Gasteiger partial charge in [0, 0.05) is 35.8 Å². The average molecular weight is 460 g/mol. The first kappa shape index (κ1) is 21.0. The summed E-state index contributed by atoms with van der Waals surface area (Å²) in [4.78, 5) is 27.8. The molecular weight excluding hydrogens is 438 g/mol. The molecule has 1 unspecified atom stereocenters. The Morgan fingerprint density at radius 2 is 2.20 bits per heavy atom. The molecule has 156 valence electrons. The highest BCUT2D eigenvalue weighted by atomic mass is 35.5. The van der Waals surface area contributed by atoms with Crippen molar-refractivity contribution >= 4 is 57.6 Å². The van der Waals surface area contributed by atoms with E-state index in [1.54, 1.807) is 4.90 Å². The molecule has 1 aromatic carbocycles. The molecule has 1 atom stereocenters. The molecule has 5 nitrogen and oxygen atoms in total. The molecule has 2 N–H and O–H groups in total. The van der Waals surface area contributed by atoms with E-state index in [1.807, 2.05) is 30.5 Å². The first-order chi connectivity index (χ1) is 14.3. The van der Waals surface area contributed by atoms with E-state index in [2.05, 4.69) is 17.2 Å². The Labute approximate surface area is 190 Å². The van der Waals surface area contributed by atoms with E-state index in [0.29, 0.717) is 36.1 Å². The van der Waals surface area contributed by atoms with Crippen LogP contribution in [-0.2, 0) is 17.9 Å². The quantitative estimate of drug-likeness (QED) is 0.506. The smallest absolute Gasteiger partial charge is 0.265 e. The predicted octanol–water partition coefficient (Wildman–Crippen LogP) is 4.83. The van der Waals surface area contributed by atoms with Crippen LogP contribution in [0.25, 0.3) is 0 Å². The normalized spacial score (nSPS) is 18.5. The first-order valence-corrected chi connectivity index (χ1v) is 11.4. The van der Waals surface area contributed by atoms with Gasteiger partial charge in [-0.2, -0.15) is 0 Å². The minimum atomic E-state index is -0.336. The Bertz CT molecular complexity index is 1060. The topological polar surface area (TPSA) is 61.4 Å². The molecule has 1 saturated carbocycles. The van der Waals surface area contributed by atoms with Gasteiger partial charge in [-0.3, -0.25) is 9.59 Å². The van der Waals surface area contributed by atoms with Crippen molar-refractivity contribution in [1.29, 1.82) is 0 Å². The highest BCUT2D eigenvalue weighted by Crippen LogP contribution is 2.35. The molecule has 8 heteroatoms. The average Bonchev–Trinajstić information content (AvgIpc) is 3.23. The van der Waals surface area contributed by atoms with Crippen molar-refractivity contribution < 1.29 is 9.59 Å². The van der Waals surface area contributed by atoms with Gasteiger partial charge in [-0.05, 0) is 60.6 Å². The molecule has 1 aromatic heterocycles. The number of rotatable bonds is 4. The molecule has 1 aliphatic carbocycles. The molecule has 0 radical (unpaired) electrons. The van der Waals surface area contributed by atoms with Gasteiger partial charge in [0.25, 0.3) is 5.91 Å². The Morgan fingerprint density at radius 1 is 1.40 bits per heavy atom. The summed E-state index contributed by atoms with van der Waals surface area (Å²) in [5.74, 6) is 0.0543. The standard InChI is InChI=1S/C22H22ClN3O2S2/c1-12-3-6-18(19(27)7-12)26-10-16-14(11-30-20(16)21(26)28)9-24-22(29)25-15-5-4-13(2)17(23)8-15/h4-5,8,11,18H,1,3,6-7,9-10H2,2H3,(H2,24,25,29). The summed E-state index contributed by atoms with van der Waals surface area (Å²) >= 11 is 13.0. The van der Waals surface area contributed by atoms with Gasteiger partial charge in [-0.15, -0.1) is 11.3 Å². The van der Waals surface area contributed by atoms with E-state index < -0.39 is 0 Å². The van der Waals surface area contributed by atoms with Crippen LogP contribution in [0.2, 0.25) is 5.02 Å². The fourth-order valence-corrected chi connectivity index (χ4v) is 5.26. The molecule has 1 amide bonds. The maximum atomic E-state index is 12.9. The summed E-state index contributed by atoms with van der Waals surface area (Å²) in [6.07, 6.45) is 1.84. The first-order valence-electron chi connectivity index (χ1n) is 9.74. The van der Waals surface area contributed by atoms with Gasteiger partial charge in [0.05, 0.1) is 10.9 Å². The molecule has 0 bridgehead atoms. The number of Topliss-reactive ketones (excluding diaryl/α,β-unsaturated/α-hetero) is 1. The van der Waals surface area contributed by atoms with Crippen molar-refractivity contribution in [2.45, 2.75) is 45.3 Å². The molecule has 4 rings (SSSR count). The highest BCUT2D eigenvalue weighted by Gasteiger charge is 2.39. The number of hydrogen-bond acceptors (Lipinski definition) is 4. The number of carbonyl (C=O) groups is 2. The van der Waals surface area contributed by atoms with Crippen molar-refractivity contribution in [1.82, 2.24) is 10.2 Å². The second kappa shape index (κ2) is 8.49. The number of allylic oxidation sites excluding steroid dienone is 1. The lowest BCUT2D eigenvalue weighted by Gasteiger charge is -2.30. The van der Waals surface area contributed by atoms with Crippen molar-refractivity contribution in [2.75, 3.05) is 5.32 Å². The second-order valence-corrected chi connectivity index (χ2v) is 9.42. The van der Waals surface area contributed by atoms with Crippen molar-refractivity contribution in [2.24, 2.45) is 0 Å². The van der Waals surface area contributed by atoms with Gasteiger partial charge < -0.3 is 15.5 Å². The van der Waals surface area contributed by atoms with E-state index >= 15 is 0 Å². The zero-order valence-electron chi connectivity index (χ0n) is 16.6. The van der Waals surface area contributed by atoms with Crippen LogP contribution < -0.4 is 10.6 Å². The number of ketones is 1. The summed E-state index contributed by atoms with van der Waals surface area (Å²) in [5, 5.41) is 9.48. The maximum Gasteiger partial charge on any atom is 0.265 e. The molecule has 2 aromatic rings. The van der Waals surface area contributed by atoms with Crippen LogP contribution in [-0.4, -0.2) is 27.7 Å². The van der Waals surface area contributed by atoms with Gasteiger partial charge in [0.15, 0.2) is 10.9 Å². The number of carbonyl (C=O) groups excluding carboxylic acids is 2. The number of anilines is 1. The lowest BCUT2D eigenvalue weighted by molar-refractivity contribution is -0.124. The zero-order valence-corrected chi connectivity index (χ0v) is 19.0. The van der Waals surface area contributed by atoms with Crippen molar-refractivity contribution in [3.05, 3.63) is 62.3 Å². The minimum absolute atomic E-state index is 0.0397. The molecule has 2 heterocycles. The summed E-state index contributed by atoms with van der Waals surface area (Å²) in [5.41, 5.74) is 4.81. The van der Waals surface area contributed by atoms with Crippen molar-refractivity contribution in [3.63, 3.8) is 0 Å². The summed E-state index contributed by atoms with van der Waals surface area (Å²) < 4.78 is 0. The van der Waals surface area contributed by atoms with Crippen LogP contribution in [0.5, 0.6) is 0 Å². The van der Waals surface area contributed by atoms with Crippen LogP contribution in [0.1, 0.15) is 45.6 Å². The molecule has 0 saturated heterocycles. The Morgan fingerprint density at radius 3 is 2.93 bits per heavy atom. The van der Waals surface area contributed by atoms with Gasteiger partial charge >= 0.3 is 0 Å². The number of aryl methyl sites for hydroxylation is 1. The third-order valence-electron chi connectivity index (χ3n) is 5.58. The van der Waals surface area contributed by atoms with Crippen LogP contribution in [0, 0.1) is 6.92 Å². The number of hydrogen-bond donors (Lipinski definition) is 2. The lowest BCUT2D eigenvalue weighted by atomic mass is 9.90. The number of nitrogens with one attached hydrogen (secondary N) is 2. The minimum Gasteiger partial charge on any atom is -0.358 e. The number of benzene rings is 1. The number of nitrogens with zero attached hydrogens (tertiary/aromatic N) is 1. The van der Waals surface area contributed by atoms with Gasteiger partial charge in [0.1, 0.15) is 0 Å². The summed E-state index contributed by atoms with van der Waals surface area (Å²) in [6.45, 7) is 6.84. The molecule has 1 aliphatic heterocycles. The van der Waals surface area contributed by atoms with Crippen LogP contribution in [0.15, 0.2) is 35.7 Å². The SMILES string of the molecule is C=C1CCC(N2Cc3c(CNC(=S)Nc4ccc(C)c(Cl)c4)csc3C2=O)C(=O)C1. The molecule has 30 heavy (non-hydrogen) atoms. The number of amides is 1. The van der Waals surface area contributed by atoms with E-state index in [1.165, 1.54) is 11.3 Å². The highest BCUT2D eigenvalue weighted by molar-refractivity contribution is 7.80. The number of thiocarbonyl (C=S) groups is 1. The van der Waals surface area contributed by atoms with E-state index in [-0.39, 0.29) is 17.7 Å². The Balaban J connectivity index is 1.39. The molecule has 2 aliphatic rings. The number of fused-ring (bicyclic) bond motifs is 1. The molecule has 0 spiro atoms. The van der Waals surface area contributed by atoms with Crippen molar-refractivity contribution in [3.8, 4) is 0 Å². The fourth-order valence-electron chi connectivity index (χ4n) is 3.85. The van der Waals surface area contributed by atoms with Crippen LogP contribution in [0.3, 0.4) is 0 Å². The van der Waals surface area contributed by atoms with E-state index in [0.717, 1.165) is 39.2 Å². The number of thiophene rings is 1. The number of halogens is 1. The predicted molar refractivity (Wildman–Crippen MR) is 125 cm³/mol. The third kappa shape index (κ3) is 4.15. The van der Waals surface area contributed by atoms with Gasteiger partial charge in [0.2, 0.25) is 0 Å². The summed E-state index contributed by atoms with van der Waals surface area (Å²) in [7, 11) is 0. The fraction of sp³-hybridized carbons (Fsp3) is 0.318. The Kier molecular flexibility index (Phi) is 5.95. The maximum absolute atomic E-state index is 12.9. The monoisotopic (exact) mass is 459 g/mol. The second-order valence-electron chi connectivity index (χ2n) is 7.72. The van der Waals surface area contributed by atoms with Crippen LogP contribution in [0.4, 0.5) is 5.69 Å². The molecular formula is C22H22ClN3O2S2. The van der Waals surface area contributed by atoms with Crippen LogP contribution >= 0.6 is 35.2 Å². The third-order valence-corrected chi connectivity index (χ3v) is 7.29. The largest absolute Gasteiger partial charge is 0.358 e. The summed E-state index contributed by atoms with van der Waals surface area (Å²) in [6, 6.07) is 5.35. The van der Waals surface area contributed by atoms with Gasteiger partial charge in [-0.1, -0.05) is 29.8 Å².